The number of hydrogen-bond donors (Lipinski definition) is 4. The van der Waals surface area contributed by atoms with Gasteiger partial charge < -0.3 is 20.1 Å². The zero-order valence-electron chi connectivity index (χ0n) is 25.0. The second-order valence-corrected chi connectivity index (χ2v) is 15.1. The molecule has 0 spiro atoms. The van der Waals surface area contributed by atoms with Gasteiger partial charge in [-0.1, -0.05) is 6.07 Å². The molecule has 232 valence electrons. The van der Waals surface area contributed by atoms with Crippen molar-refractivity contribution in [3.63, 3.8) is 0 Å². The minimum atomic E-state index is -3.96. The average Bonchev–Trinajstić information content (AvgIpc) is 3.59. The van der Waals surface area contributed by atoms with Crippen LogP contribution in [0.1, 0.15) is 84.1 Å². The summed E-state index contributed by atoms with van der Waals surface area (Å²) in [5, 5.41) is 16.5. The van der Waals surface area contributed by atoms with E-state index in [1.54, 1.807) is 44.0 Å². The van der Waals surface area contributed by atoms with Crippen LogP contribution in [-0.2, 0) is 14.8 Å². The fraction of sp³-hybridized carbons (Fsp3) is 0.621. The van der Waals surface area contributed by atoms with Crippen molar-refractivity contribution < 1.29 is 27.9 Å². The number of nitrogens with zero attached hydrogens (tertiary/aromatic N) is 2. The lowest BCUT2D eigenvalue weighted by molar-refractivity contribution is 0.0906. The molecule has 2 aliphatic rings. The van der Waals surface area contributed by atoms with Gasteiger partial charge in [-0.05, 0) is 91.8 Å². The maximum atomic E-state index is 13.6. The summed E-state index contributed by atoms with van der Waals surface area (Å²) in [6.45, 7) is 10.3. The number of carboxylic acid groups (broad SMARTS) is 1. The van der Waals surface area contributed by atoms with E-state index in [-0.39, 0.29) is 35.5 Å². The van der Waals surface area contributed by atoms with Gasteiger partial charge in [-0.15, -0.1) is 11.3 Å². The number of nitrogens with one attached hydrogen (secondary N) is 3. The predicted octanol–water partition coefficient (Wildman–Crippen LogP) is 5.60. The quantitative estimate of drug-likeness (QED) is 0.283. The Labute approximate surface area is 252 Å². The summed E-state index contributed by atoms with van der Waals surface area (Å²) in [7, 11) is -3.96. The first-order valence-corrected chi connectivity index (χ1v) is 16.9. The van der Waals surface area contributed by atoms with Crippen molar-refractivity contribution in [2.75, 3.05) is 18.5 Å². The van der Waals surface area contributed by atoms with Crippen molar-refractivity contribution in [3.8, 4) is 10.4 Å². The molecule has 2 amide bonds. The summed E-state index contributed by atoms with van der Waals surface area (Å²) in [4.78, 5) is 31.2. The van der Waals surface area contributed by atoms with Crippen LogP contribution in [0.3, 0.4) is 0 Å². The number of benzene rings is 1. The van der Waals surface area contributed by atoms with Crippen LogP contribution >= 0.6 is 11.3 Å². The largest absolute Gasteiger partial charge is 0.465 e. The van der Waals surface area contributed by atoms with Crippen LogP contribution in [-0.4, -0.2) is 72.4 Å². The molecule has 0 bridgehead atoms. The first kappa shape index (κ1) is 32.2. The fourth-order valence-electron chi connectivity index (χ4n) is 5.71. The molecule has 1 aromatic heterocycles. The van der Waals surface area contributed by atoms with Crippen LogP contribution in [0, 0.1) is 0 Å². The summed E-state index contributed by atoms with van der Waals surface area (Å²) in [6.07, 6.45) is 5.29. The third kappa shape index (κ3) is 8.21. The highest BCUT2D eigenvalue weighted by molar-refractivity contribution is 7.89. The van der Waals surface area contributed by atoms with Gasteiger partial charge in [0.05, 0.1) is 14.8 Å². The zero-order chi connectivity index (χ0) is 30.7. The van der Waals surface area contributed by atoms with Crippen molar-refractivity contribution in [3.05, 3.63) is 29.4 Å². The molecule has 2 heterocycles. The molecule has 42 heavy (non-hydrogen) atoms. The summed E-state index contributed by atoms with van der Waals surface area (Å²) in [5.74, 6) is 0.181. The van der Waals surface area contributed by atoms with E-state index in [2.05, 4.69) is 20.3 Å². The molecule has 1 aliphatic carbocycles. The van der Waals surface area contributed by atoms with E-state index in [9.17, 15) is 23.1 Å². The summed E-state index contributed by atoms with van der Waals surface area (Å²) >= 11 is 1.45. The number of aromatic nitrogens is 1. The highest BCUT2D eigenvalue weighted by Gasteiger charge is 2.32. The fourth-order valence-corrected chi connectivity index (χ4v) is 8.57. The van der Waals surface area contributed by atoms with Crippen molar-refractivity contribution in [2.45, 2.75) is 108 Å². The van der Waals surface area contributed by atoms with Crippen molar-refractivity contribution in [1.82, 2.24) is 19.9 Å². The third-order valence-corrected chi connectivity index (χ3v) is 10.5. The predicted molar refractivity (Wildman–Crippen MR) is 164 cm³/mol. The average molecular weight is 622 g/mol. The highest BCUT2D eigenvalue weighted by atomic mass is 32.2. The lowest BCUT2D eigenvalue weighted by atomic mass is 9.85. The minimum Gasteiger partial charge on any atom is -0.465 e. The van der Waals surface area contributed by atoms with E-state index in [0.717, 1.165) is 50.1 Å². The molecule has 0 radical (unpaired) electrons. The van der Waals surface area contributed by atoms with Crippen LogP contribution in [0.25, 0.3) is 10.4 Å². The molecule has 1 saturated heterocycles. The van der Waals surface area contributed by atoms with Gasteiger partial charge in [0.2, 0.25) is 10.0 Å². The van der Waals surface area contributed by atoms with E-state index in [1.807, 2.05) is 13.8 Å². The highest BCUT2D eigenvalue weighted by Crippen LogP contribution is 2.41. The molecule has 1 aromatic carbocycles. The van der Waals surface area contributed by atoms with Gasteiger partial charge in [0.25, 0.3) is 0 Å². The number of amides is 2. The van der Waals surface area contributed by atoms with Gasteiger partial charge in [-0.3, -0.25) is 5.32 Å². The van der Waals surface area contributed by atoms with E-state index in [1.165, 1.54) is 17.4 Å². The minimum absolute atomic E-state index is 0.0143. The summed E-state index contributed by atoms with van der Waals surface area (Å²) < 4.78 is 35.2. The van der Waals surface area contributed by atoms with E-state index < -0.39 is 27.7 Å². The SMILES string of the molecule is CC(C)N(C(=O)O)C1CCC(c2ncc(-c3ccc(NC(=O)OC[C@H]4CCCN4)cc3S(=O)(=O)NC(C)(C)C)s2)CC1. The number of carbonyl (C=O) groups excluding carboxylic acids is 1. The number of rotatable bonds is 9. The van der Waals surface area contributed by atoms with Crippen LogP contribution in [0.4, 0.5) is 15.3 Å². The van der Waals surface area contributed by atoms with Crippen LogP contribution in [0.15, 0.2) is 29.3 Å². The molecular formula is C29H43N5O6S2. The van der Waals surface area contributed by atoms with Gasteiger partial charge in [0.1, 0.15) is 6.61 Å². The van der Waals surface area contributed by atoms with Crippen LogP contribution in [0.2, 0.25) is 0 Å². The maximum Gasteiger partial charge on any atom is 0.411 e. The molecule has 1 saturated carbocycles. The first-order chi connectivity index (χ1) is 19.7. The molecule has 4 rings (SSSR count). The van der Waals surface area contributed by atoms with Gasteiger partial charge in [-0.25, -0.2) is 27.7 Å². The topological polar surface area (TPSA) is 150 Å². The Morgan fingerprint density at radius 3 is 2.50 bits per heavy atom. The van der Waals surface area contributed by atoms with Gasteiger partial charge >= 0.3 is 12.2 Å². The third-order valence-electron chi connectivity index (χ3n) is 7.54. The number of anilines is 1. The molecule has 1 atom stereocenters. The van der Waals surface area contributed by atoms with E-state index >= 15 is 0 Å². The molecular weight excluding hydrogens is 578 g/mol. The van der Waals surface area contributed by atoms with Gasteiger partial charge in [0, 0.05) is 47.0 Å². The van der Waals surface area contributed by atoms with Crippen molar-refractivity contribution in [1.29, 1.82) is 0 Å². The lowest BCUT2D eigenvalue weighted by Crippen LogP contribution is -2.45. The maximum absolute atomic E-state index is 13.6. The second-order valence-electron chi connectivity index (χ2n) is 12.4. The number of hydrogen-bond acceptors (Lipinski definition) is 8. The van der Waals surface area contributed by atoms with Crippen molar-refractivity contribution >= 4 is 39.2 Å². The Bertz CT molecular complexity index is 1360. The lowest BCUT2D eigenvalue weighted by Gasteiger charge is -2.37. The molecule has 4 N–H and O–H groups in total. The smallest absolute Gasteiger partial charge is 0.411 e. The number of sulfonamides is 1. The monoisotopic (exact) mass is 621 g/mol. The standard InChI is InChI=1S/C29H43N5O6S2/c1-18(2)34(28(36)37)22-11-8-19(9-12-22)26-31-16-24(41-26)23-13-10-20(15-25(23)42(38,39)33-29(3,4)5)32-27(35)40-17-21-7-6-14-30-21/h10,13,15-16,18-19,21-22,30,33H,6-9,11-12,14,17H2,1-5H3,(H,32,35)(H,36,37)/t19?,21-,22?/m1/s1. The van der Waals surface area contributed by atoms with Gasteiger partial charge in [0.15, 0.2) is 0 Å². The Kier molecular flexibility index (Phi) is 10.2. The molecule has 2 aromatic rings. The Morgan fingerprint density at radius 1 is 1.19 bits per heavy atom. The second kappa shape index (κ2) is 13.3. The van der Waals surface area contributed by atoms with Crippen molar-refractivity contribution in [2.24, 2.45) is 0 Å². The number of carbonyl (C=O) groups is 2. The molecule has 1 aliphatic heterocycles. The molecule has 2 fully saturated rings. The van der Waals surface area contributed by atoms with E-state index in [4.69, 9.17) is 4.74 Å². The summed E-state index contributed by atoms with van der Waals surface area (Å²) in [5.41, 5.74) is 0.0908. The molecule has 13 heteroatoms. The summed E-state index contributed by atoms with van der Waals surface area (Å²) in [6, 6.07) is 4.84. The van der Waals surface area contributed by atoms with E-state index in [0.29, 0.717) is 16.1 Å². The number of ether oxygens (including phenoxy) is 1. The Hall–Kier alpha value is -2.74. The Morgan fingerprint density at radius 2 is 1.90 bits per heavy atom. The van der Waals surface area contributed by atoms with Crippen LogP contribution < -0.4 is 15.4 Å². The number of thiazole rings is 1. The Balaban J connectivity index is 1.54. The van der Waals surface area contributed by atoms with Crippen LogP contribution in [0.5, 0.6) is 0 Å². The normalized spacial score (nSPS) is 21.3. The molecule has 0 unspecified atom stereocenters. The first-order valence-electron chi connectivity index (χ1n) is 14.6. The van der Waals surface area contributed by atoms with Gasteiger partial charge in [-0.2, -0.15) is 0 Å². The zero-order valence-corrected chi connectivity index (χ0v) is 26.6. The molecule has 11 nitrogen and oxygen atoms in total.